The molecule has 0 bridgehead atoms. The van der Waals surface area contributed by atoms with Crippen LogP contribution in [0, 0.1) is 0 Å². The fourth-order valence-corrected chi connectivity index (χ4v) is 6.36. The van der Waals surface area contributed by atoms with Crippen molar-refractivity contribution < 1.29 is 9.53 Å². The van der Waals surface area contributed by atoms with Gasteiger partial charge >= 0.3 is 0 Å². The van der Waals surface area contributed by atoms with E-state index in [1.807, 2.05) is 53.1 Å². The number of benzene rings is 2. The number of hydrogen-bond donors (Lipinski definition) is 1. The molecule has 2 aromatic heterocycles. The van der Waals surface area contributed by atoms with Crippen molar-refractivity contribution in [1.82, 2.24) is 25.1 Å². The van der Waals surface area contributed by atoms with E-state index in [-0.39, 0.29) is 17.8 Å². The van der Waals surface area contributed by atoms with Gasteiger partial charge in [-0.1, -0.05) is 53.9 Å². The Hall–Kier alpha value is -2.40. The Morgan fingerprint density at radius 2 is 1.97 bits per heavy atom. The lowest BCUT2D eigenvalue weighted by Gasteiger charge is -2.11. The smallest absolute Gasteiger partial charge is 0.230 e. The molecule has 33 heavy (non-hydrogen) atoms. The molecule has 1 aliphatic rings. The van der Waals surface area contributed by atoms with Crippen molar-refractivity contribution in [2.24, 2.45) is 0 Å². The molecular formula is C23H23N5O2S3. The monoisotopic (exact) mass is 497 g/mol. The number of thiazole rings is 1. The molecule has 1 atom stereocenters. The molecule has 2 aromatic carbocycles. The standard InChI is InChI=1S/C23H23N5O2S3/c29-21(24-13-17-9-6-12-30-17)15-31-22-27-26-20(28(22)16-7-2-1-3-8-16)14-32-23-25-18-10-4-5-11-19(18)33-23/h1-5,7-8,10-11,17H,6,9,12-15H2,(H,24,29)/t17-/m1/s1. The summed E-state index contributed by atoms with van der Waals surface area (Å²) in [5.41, 5.74) is 1.99. The van der Waals surface area contributed by atoms with Crippen LogP contribution in [0.3, 0.4) is 0 Å². The number of carbonyl (C=O) groups is 1. The van der Waals surface area contributed by atoms with Crippen LogP contribution in [0.1, 0.15) is 18.7 Å². The first-order valence-electron chi connectivity index (χ1n) is 10.8. The van der Waals surface area contributed by atoms with Crippen molar-refractivity contribution >= 4 is 51.0 Å². The van der Waals surface area contributed by atoms with Crippen molar-refractivity contribution in [1.29, 1.82) is 0 Å². The van der Waals surface area contributed by atoms with Crippen molar-refractivity contribution in [3.05, 3.63) is 60.4 Å². The lowest BCUT2D eigenvalue weighted by atomic mass is 10.2. The van der Waals surface area contributed by atoms with Gasteiger partial charge in [-0.2, -0.15) is 0 Å². The Labute approximate surface area is 204 Å². The van der Waals surface area contributed by atoms with Gasteiger partial charge in [0.1, 0.15) is 5.82 Å². The zero-order valence-electron chi connectivity index (χ0n) is 17.8. The van der Waals surface area contributed by atoms with Gasteiger partial charge in [0.25, 0.3) is 0 Å². The number of carbonyl (C=O) groups excluding carboxylic acids is 1. The first-order valence-corrected chi connectivity index (χ1v) is 13.5. The number of amides is 1. The van der Waals surface area contributed by atoms with Crippen molar-refractivity contribution in [2.45, 2.75) is 34.2 Å². The van der Waals surface area contributed by atoms with Gasteiger partial charge in [0.15, 0.2) is 9.50 Å². The van der Waals surface area contributed by atoms with Crippen LogP contribution < -0.4 is 5.32 Å². The molecule has 1 saturated heterocycles. The molecule has 1 aliphatic heterocycles. The van der Waals surface area contributed by atoms with E-state index in [0.29, 0.717) is 17.5 Å². The number of fused-ring (bicyclic) bond motifs is 1. The van der Waals surface area contributed by atoms with E-state index in [0.717, 1.165) is 40.8 Å². The lowest BCUT2D eigenvalue weighted by molar-refractivity contribution is -0.119. The summed E-state index contributed by atoms with van der Waals surface area (Å²) in [6.45, 7) is 1.35. The van der Waals surface area contributed by atoms with E-state index in [1.54, 1.807) is 23.1 Å². The van der Waals surface area contributed by atoms with Crippen LogP contribution in [0.25, 0.3) is 15.9 Å². The number of thioether (sulfide) groups is 2. The lowest BCUT2D eigenvalue weighted by Crippen LogP contribution is -2.32. The average Bonchev–Trinajstić information content (AvgIpc) is 3.60. The van der Waals surface area contributed by atoms with Crippen molar-refractivity contribution in [3.63, 3.8) is 0 Å². The SMILES string of the molecule is O=C(CSc1nnc(CSc2nc3ccccc3s2)n1-c1ccccc1)NC[C@H]1CCCO1. The van der Waals surface area contributed by atoms with Gasteiger partial charge in [-0.05, 0) is 37.1 Å². The second-order valence-corrected chi connectivity index (χ2v) is 10.7. The second kappa shape index (κ2) is 10.7. The summed E-state index contributed by atoms with van der Waals surface area (Å²) in [6.07, 6.45) is 2.21. The van der Waals surface area contributed by atoms with Gasteiger partial charge in [0.2, 0.25) is 5.91 Å². The van der Waals surface area contributed by atoms with Crippen LogP contribution in [0.4, 0.5) is 0 Å². The summed E-state index contributed by atoms with van der Waals surface area (Å²) < 4.78 is 9.78. The zero-order valence-corrected chi connectivity index (χ0v) is 20.3. The number of aromatic nitrogens is 4. The van der Waals surface area contributed by atoms with Crippen LogP contribution in [0.2, 0.25) is 0 Å². The maximum absolute atomic E-state index is 12.4. The molecule has 3 heterocycles. The van der Waals surface area contributed by atoms with Crippen molar-refractivity contribution in [3.8, 4) is 5.69 Å². The van der Waals surface area contributed by atoms with Crippen LogP contribution in [-0.4, -0.2) is 50.7 Å². The van der Waals surface area contributed by atoms with Gasteiger partial charge < -0.3 is 10.1 Å². The first-order chi connectivity index (χ1) is 16.3. The molecular weight excluding hydrogens is 474 g/mol. The average molecular weight is 498 g/mol. The molecule has 1 fully saturated rings. The Balaban J connectivity index is 1.28. The number of nitrogens with one attached hydrogen (secondary N) is 1. The summed E-state index contributed by atoms with van der Waals surface area (Å²) in [7, 11) is 0. The number of ether oxygens (including phenoxy) is 1. The van der Waals surface area contributed by atoms with E-state index in [2.05, 4.69) is 21.6 Å². The van der Waals surface area contributed by atoms with Gasteiger partial charge in [-0.15, -0.1) is 21.5 Å². The molecule has 0 saturated carbocycles. The maximum Gasteiger partial charge on any atom is 0.230 e. The third-order valence-corrected chi connectivity index (χ3v) is 8.30. The molecule has 5 rings (SSSR count). The summed E-state index contributed by atoms with van der Waals surface area (Å²) in [6, 6.07) is 18.2. The number of rotatable bonds is 9. The van der Waals surface area contributed by atoms with E-state index < -0.39 is 0 Å². The van der Waals surface area contributed by atoms with E-state index in [1.165, 1.54) is 16.5 Å². The molecule has 1 N–H and O–H groups in total. The van der Waals surface area contributed by atoms with E-state index >= 15 is 0 Å². The summed E-state index contributed by atoms with van der Waals surface area (Å²) in [5.74, 6) is 1.71. The second-order valence-electron chi connectivity index (χ2n) is 7.53. The summed E-state index contributed by atoms with van der Waals surface area (Å²) in [4.78, 5) is 17.1. The van der Waals surface area contributed by atoms with Crippen LogP contribution in [0.5, 0.6) is 0 Å². The summed E-state index contributed by atoms with van der Waals surface area (Å²) in [5, 5.41) is 12.5. The molecule has 4 aromatic rings. The van der Waals surface area contributed by atoms with Gasteiger partial charge in [-0.3, -0.25) is 9.36 Å². The maximum atomic E-state index is 12.4. The zero-order chi connectivity index (χ0) is 22.5. The van der Waals surface area contributed by atoms with Crippen molar-refractivity contribution in [2.75, 3.05) is 18.9 Å². The van der Waals surface area contributed by atoms with Gasteiger partial charge in [0.05, 0.1) is 27.8 Å². The number of hydrogen-bond acceptors (Lipinski definition) is 8. The van der Waals surface area contributed by atoms with Crippen LogP contribution >= 0.6 is 34.9 Å². The third kappa shape index (κ3) is 5.57. The minimum Gasteiger partial charge on any atom is -0.376 e. The molecule has 170 valence electrons. The molecule has 0 radical (unpaired) electrons. The Morgan fingerprint density at radius 3 is 2.79 bits per heavy atom. The molecule has 0 spiro atoms. The van der Waals surface area contributed by atoms with E-state index in [9.17, 15) is 4.79 Å². The highest BCUT2D eigenvalue weighted by molar-refractivity contribution is 8.00. The van der Waals surface area contributed by atoms with E-state index in [4.69, 9.17) is 9.72 Å². The highest BCUT2D eigenvalue weighted by Crippen LogP contribution is 2.32. The van der Waals surface area contributed by atoms with Gasteiger partial charge in [-0.25, -0.2) is 4.98 Å². The van der Waals surface area contributed by atoms with Gasteiger partial charge in [0, 0.05) is 18.8 Å². The minimum atomic E-state index is -0.0245. The molecule has 7 nitrogen and oxygen atoms in total. The molecule has 0 aliphatic carbocycles. The summed E-state index contributed by atoms with van der Waals surface area (Å²) >= 11 is 4.72. The Kier molecular flexibility index (Phi) is 7.25. The predicted octanol–water partition coefficient (Wildman–Crippen LogP) is 4.56. The fraction of sp³-hybridized carbons (Fsp3) is 0.304. The topological polar surface area (TPSA) is 81.9 Å². The quantitative estimate of drug-likeness (QED) is 0.340. The normalized spacial score (nSPS) is 15.8. The molecule has 1 amide bonds. The predicted molar refractivity (Wildman–Crippen MR) is 133 cm³/mol. The third-order valence-electron chi connectivity index (χ3n) is 5.20. The minimum absolute atomic E-state index is 0.0245. The highest BCUT2D eigenvalue weighted by atomic mass is 32.2. The molecule has 10 heteroatoms. The fourth-order valence-electron chi connectivity index (χ4n) is 3.58. The Morgan fingerprint density at radius 1 is 1.12 bits per heavy atom. The first kappa shape index (κ1) is 22.4. The Bertz CT molecular complexity index is 1190. The number of nitrogens with zero attached hydrogens (tertiary/aromatic N) is 4. The highest BCUT2D eigenvalue weighted by Gasteiger charge is 2.19. The largest absolute Gasteiger partial charge is 0.376 e. The molecule has 0 unspecified atom stereocenters. The number of para-hydroxylation sites is 2. The van der Waals surface area contributed by atoms with Crippen LogP contribution in [-0.2, 0) is 15.3 Å². The van der Waals surface area contributed by atoms with Crippen LogP contribution in [0.15, 0.2) is 64.1 Å².